The number of aromatic nitrogens is 4. The summed E-state index contributed by atoms with van der Waals surface area (Å²) in [6, 6.07) is 2.03. The molecule has 3 N–H and O–H groups in total. The number of hydrogen-bond acceptors (Lipinski definition) is 11. The number of nitrogens with zero attached hydrogens (tertiary/aromatic N) is 5. The lowest BCUT2D eigenvalue weighted by Crippen LogP contribution is -2.60. The number of tetrazole rings is 1. The summed E-state index contributed by atoms with van der Waals surface area (Å²) in [5, 5.41) is 18.0. The van der Waals surface area contributed by atoms with E-state index >= 15 is 0 Å². The van der Waals surface area contributed by atoms with Crippen molar-refractivity contribution in [1.82, 2.24) is 40.5 Å². The first kappa shape index (κ1) is 38.0. The highest BCUT2D eigenvalue weighted by Crippen LogP contribution is 2.46. The first-order valence-electron chi connectivity index (χ1n) is 16.6. The van der Waals surface area contributed by atoms with E-state index in [0.29, 0.717) is 29.2 Å². The van der Waals surface area contributed by atoms with Gasteiger partial charge in [0.25, 0.3) is 5.91 Å². The minimum atomic E-state index is -3.91. The van der Waals surface area contributed by atoms with Crippen LogP contribution < -0.4 is 20.1 Å². The molecule has 0 spiro atoms. The maximum atomic E-state index is 14.4. The van der Waals surface area contributed by atoms with E-state index in [1.54, 1.807) is 59.7 Å². The lowest BCUT2D eigenvalue weighted by atomic mass is 9.85. The molecule has 4 amide bonds. The zero-order valence-electron chi connectivity index (χ0n) is 29.7. The zero-order chi connectivity index (χ0) is 37.7. The van der Waals surface area contributed by atoms with E-state index in [0.717, 1.165) is 0 Å². The fraction of sp³-hybridized carbons (Fsp3) is 0.606. The molecule has 278 valence electrons. The van der Waals surface area contributed by atoms with Gasteiger partial charge in [-0.3, -0.25) is 19.1 Å². The summed E-state index contributed by atoms with van der Waals surface area (Å²) in [5.74, 6) is -1.97. The predicted octanol–water partition coefficient (Wildman–Crippen LogP) is 2.75. The zero-order valence-corrected chi connectivity index (χ0v) is 31.3. The minimum Gasteiger partial charge on any atom is -0.495 e. The molecule has 2 aromatic rings. The van der Waals surface area contributed by atoms with E-state index in [2.05, 4.69) is 37.3 Å². The highest BCUT2D eigenvalue weighted by Gasteiger charge is 2.62. The van der Waals surface area contributed by atoms with Gasteiger partial charge in [0.05, 0.1) is 23.4 Å². The van der Waals surface area contributed by atoms with Crippen LogP contribution in [0.25, 0.3) is 11.4 Å². The molecule has 16 nitrogen and oxygen atoms in total. The van der Waals surface area contributed by atoms with Gasteiger partial charge < -0.3 is 25.0 Å². The van der Waals surface area contributed by atoms with Crippen LogP contribution in [-0.2, 0) is 29.1 Å². The summed E-state index contributed by atoms with van der Waals surface area (Å²) in [5.41, 5.74) is -2.69. The Hall–Kier alpha value is -4.25. The molecule has 0 unspecified atom stereocenters. The van der Waals surface area contributed by atoms with Crippen LogP contribution in [0.2, 0.25) is 5.02 Å². The Morgan fingerprint density at radius 2 is 1.82 bits per heavy atom. The quantitative estimate of drug-likeness (QED) is 0.285. The maximum Gasteiger partial charge on any atom is 0.408 e. The molecule has 1 aromatic carbocycles. The summed E-state index contributed by atoms with van der Waals surface area (Å²) in [7, 11) is -2.41. The van der Waals surface area contributed by atoms with Gasteiger partial charge in [-0.1, -0.05) is 38.4 Å². The molecule has 18 heteroatoms. The molecule has 51 heavy (non-hydrogen) atoms. The Labute approximate surface area is 302 Å². The average molecular weight is 749 g/mol. The smallest absolute Gasteiger partial charge is 0.408 e. The number of amides is 4. The Kier molecular flexibility index (Phi) is 10.2. The van der Waals surface area contributed by atoms with E-state index in [-0.39, 0.29) is 25.2 Å². The minimum absolute atomic E-state index is 0.0108. The van der Waals surface area contributed by atoms with E-state index < -0.39 is 79.7 Å². The molecule has 3 aliphatic rings. The highest BCUT2D eigenvalue weighted by molar-refractivity contribution is 7.91. The van der Waals surface area contributed by atoms with Gasteiger partial charge in [0.15, 0.2) is 0 Å². The van der Waals surface area contributed by atoms with Gasteiger partial charge in [-0.25, -0.2) is 13.2 Å². The lowest BCUT2D eigenvalue weighted by molar-refractivity contribution is -0.143. The van der Waals surface area contributed by atoms with Gasteiger partial charge in [-0.2, -0.15) is 4.80 Å². The molecular weight excluding hydrogens is 704 g/mol. The summed E-state index contributed by atoms with van der Waals surface area (Å²) < 4.78 is 38.1. The van der Waals surface area contributed by atoms with Gasteiger partial charge in [-0.15, -0.1) is 16.8 Å². The summed E-state index contributed by atoms with van der Waals surface area (Å²) in [4.78, 5) is 57.6. The third kappa shape index (κ3) is 8.29. The van der Waals surface area contributed by atoms with Crippen molar-refractivity contribution in [3.05, 3.63) is 35.9 Å². The SMILES string of the molecule is C=C[C@@H]1C[C@]1(NC(=O)[C@@H]1C[C@@H](n2nnc(-c3ccc(OC)c(Cl)c3)n2)CN1C(=O)[C@@H](NC(=O)OC(C)(C)C)C(C)(C)C)C(=O)NS(=O)(=O)C1CC1. The third-order valence-electron chi connectivity index (χ3n) is 9.05. The Bertz CT molecular complexity index is 1830. The summed E-state index contributed by atoms with van der Waals surface area (Å²) in [6.07, 6.45) is 1.70. The van der Waals surface area contributed by atoms with Crippen LogP contribution in [0.4, 0.5) is 4.79 Å². The molecule has 0 bridgehead atoms. The largest absolute Gasteiger partial charge is 0.495 e. The number of halogens is 1. The standard InChI is InChI=1S/C33H45ClN8O8S/c1-9-19-16-33(19,29(45)39-51(47,48)21-11-12-21)36-27(43)23-15-20(42-38-26(37-40-42)18-10-13-24(49-8)22(34)14-18)17-41(23)28(44)25(31(2,3)4)35-30(46)50-32(5,6)7/h9-10,13-14,19-21,23,25H,1,11-12,15-17H2,2-8H3,(H,35,46)(H,36,43)(H,39,45)/t19-,20-,23+,25-,33-/m1/s1. The third-order valence-corrected chi connectivity index (χ3v) is 11.2. The molecule has 2 aliphatic carbocycles. The molecule has 1 saturated heterocycles. The van der Waals surface area contributed by atoms with Crippen molar-refractivity contribution in [2.75, 3.05) is 13.7 Å². The van der Waals surface area contributed by atoms with Crippen LogP contribution in [0.3, 0.4) is 0 Å². The number of carbonyl (C=O) groups excluding carboxylic acids is 4. The Morgan fingerprint density at radius 3 is 2.37 bits per heavy atom. The molecule has 2 saturated carbocycles. The maximum absolute atomic E-state index is 14.4. The van der Waals surface area contributed by atoms with Gasteiger partial charge in [0.1, 0.15) is 29.0 Å². The van der Waals surface area contributed by atoms with Crippen LogP contribution >= 0.6 is 11.6 Å². The second-order valence-electron chi connectivity index (χ2n) is 15.3. The molecule has 0 radical (unpaired) electrons. The number of carbonyl (C=O) groups is 4. The van der Waals surface area contributed by atoms with E-state index in [9.17, 15) is 27.6 Å². The van der Waals surface area contributed by atoms with E-state index in [1.807, 2.05) is 0 Å². The number of nitrogens with one attached hydrogen (secondary N) is 3. The number of sulfonamides is 1. The Balaban J connectivity index is 1.45. The first-order chi connectivity index (χ1) is 23.7. The van der Waals surface area contributed by atoms with Crippen molar-refractivity contribution in [3.63, 3.8) is 0 Å². The molecule has 1 aliphatic heterocycles. The van der Waals surface area contributed by atoms with Crippen LogP contribution in [0.1, 0.15) is 73.3 Å². The van der Waals surface area contributed by atoms with E-state index in [4.69, 9.17) is 21.1 Å². The number of benzene rings is 1. The second kappa shape index (κ2) is 13.7. The molecule has 1 aromatic heterocycles. The normalized spacial score (nSPS) is 23.9. The predicted molar refractivity (Wildman–Crippen MR) is 186 cm³/mol. The second-order valence-corrected chi connectivity index (χ2v) is 17.7. The van der Waals surface area contributed by atoms with E-state index in [1.165, 1.54) is 22.9 Å². The van der Waals surface area contributed by atoms with Crippen molar-refractivity contribution in [2.45, 2.75) is 102 Å². The fourth-order valence-corrected chi connectivity index (χ4v) is 7.65. The molecule has 3 fully saturated rings. The molecule has 5 rings (SSSR count). The van der Waals surface area contributed by atoms with Gasteiger partial charge in [0.2, 0.25) is 27.7 Å². The number of likely N-dealkylation sites (tertiary alicyclic amines) is 1. The van der Waals surface area contributed by atoms with Crippen LogP contribution in [0.15, 0.2) is 30.9 Å². The average Bonchev–Trinajstić information content (AvgIpc) is 3.90. The van der Waals surface area contributed by atoms with Crippen LogP contribution in [-0.4, -0.2) is 99.5 Å². The van der Waals surface area contributed by atoms with Crippen molar-refractivity contribution in [2.24, 2.45) is 11.3 Å². The molecule has 2 heterocycles. The number of ether oxygens (including phenoxy) is 2. The number of alkyl carbamates (subject to hydrolysis) is 1. The number of methoxy groups -OCH3 is 1. The summed E-state index contributed by atoms with van der Waals surface area (Å²) in [6.45, 7) is 14.1. The first-order valence-corrected chi connectivity index (χ1v) is 18.6. The number of rotatable bonds is 11. The topological polar surface area (TPSA) is 204 Å². The van der Waals surface area contributed by atoms with Crippen molar-refractivity contribution >= 4 is 45.4 Å². The van der Waals surface area contributed by atoms with Crippen LogP contribution in [0.5, 0.6) is 5.75 Å². The highest BCUT2D eigenvalue weighted by atomic mass is 35.5. The van der Waals surface area contributed by atoms with Crippen molar-refractivity contribution < 1.29 is 37.1 Å². The molecule has 5 atom stereocenters. The van der Waals surface area contributed by atoms with Gasteiger partial charge >= 0.3 is 6.09 Å². The van der Waals surface area contributed by atoms with Crippen LogP contribution in [0, 0.1) is 11.3 Å². The Morgan fingerprint density at radius 1 is 1.14 bits per heavy atom. The van der Waals surface area contributed by atoms with Crippen molar-refractivity contribution in [3.8, 4) is 17.1 Å². The fourth-order valence-electron chi connectivity index (χ4n) is 6.03. The van der Waals surface area contributed by atoms with Gasteiger partial charge in [0, 0.05) is 24.4 Å². The molecular formula is C33H45ClN8O8S. The summed E-state index contributed by atoms with van der Waals surface area (Å²) >= 11 is 6.31. The number of hydrogen-bond donors (Lipinski definition) is 3. The monoisotopic (exact) mass is 748 g/mol. The van der Waals surface area contributed by atoms with Gasteiger partial charge in [-0.05, 0) is 68.9 Å². The lowest BCUT2D eigenvalue weighted by Gasteiger charge is -2.36. The van der Waals surface area contributed by atoms with Crippen molar-refractivity contribution in [1.29, 1.82) is 0 Å².